The maximum absolute atomic E-state index is 13.1. The number of non-ortho nitro benzene ring substituents is 1. The molecule has 0 saturated heterocycles. The second-order valence-corrected chi connectivity index (χ2v) is 9.14. The zero-order chi connectivity index (χ0) is 28.8. The Bertz CT molecular complexity index is 1590. The molecule has 1 amide bonds. The molecular weight excluding hydrogens is 510 g/mol. The van der Waals surface area contributed by atoms with Crippen molar-refractivity contribution in [1.82, 2.24) is 5.43 Å². The number of nitrogens with zero attached hydrogens (tertiary/aromatic N) is 2. The number of benzene rings is 4. The molecule has 4 aromatic carbocycles. The van der Waals surface area contributed by atoms with Crippen LogP contribution < -0.4 is 14.9 Å². The van der Waals surface area contributed by atoms with Gasteiger partial charge in [-0.25, -0.2) is 5.43 Å². The van der Waals surface area contributed by atoms with Crippen molar-refractivity contribution in [2.24, 2.45) is 5.10 Å². The van der Waals surface area contributed by atoms with Crippen LogP contribution in [0.15, 0.2) is 84.0 Å². The zero-order valence-electron chi connectivity index (χ0n) is 22.4. The lowest BCUT2D eigenvalue weighted by Gasteiger charge is -2.11. The monoisotopic (exact) mass is 537 g/mol. The third-order valence-electron chi connectivity index (χ3n) is 6.16. The molecule has 0 heterocycles. The summed E-state index contributed by atoms with van der Waals surface area (Å²) in [5.74, 6) is 0.712. The molecular formula is C31H27N3O6. The Morgan fingerprint density at radius 2 is 1.48 bits per heavy atom. The third kappa shape index (κ3) is 6.39. The molecule has 9 heteroatoms. The highest BCUT2D eigenvalue weighted by atomic mass is 16.6. The molecule has 0 radical (unpaired) electrons. The number of carbonyl (C=O) groups is 2. The predicted molar refractivity (Wildman–Crippen MR) is 152 cm³/mol. The number of hydrazone groups is 1. The van der Waals surface area contributed by atoms with Crippen LogP contribution in [0.2, 0.25) is 0 Å². The standard InChI is InChI=1S/C31H27N3O6/c1-19-15-20(2)29(21(3)16-19)30(35)23-6-8-24(9-7-23)31(36)33-32-18-22-5-14-27(28(17-22)39-4)40-26-12-10-25(11-13-26)34(37)38/h5-18H,1-4H3,(H,33,36)/b32-18+. The number of aryl methyl sites for hydroxylation is 3. The number of hydrogen-bond donors (Lipinski definition) is 1. The van der Waals surface area contributed by atoms with E-state index in [9.17, 15) is 19.7 Å². The predicted octanol–water partition coefficient (Wildman–Crippen LogP) is 6.32. The molecule has 0 aliphatic rings. The fourth-order valence-corrected chi connectivity index (χ4v) is 4.30. The van der Waals surface area contributed by atoms with Crippen molar-refractivity contribution in [2.45, 2.75) is 20.8 Å². The van der Waals surface area contributed by atoms with Crippen molar-refractivity contribution in [3.63, 3.8) is 0 Å². The molecule has 40 heavy (non-hydrogen) atoms. The van der Waals surface area contributed by atoms with E-state index in [-0.39, 0.29) is 11.5 Å². The van der Waals surface area contributed by atoms with Gasteiger partial charge in [-0.1, -0.05) is 29.8 Å². The van der Waals surface area contributed by atoms with E-state index in [2.05, 4.69) is 10.5 Å². The van der Waals surface area contributed by atoms with E-state index in [0.29, 0.717) is 39.5 Å². The van der Waals surface area contributed by atoms with E-state index in [0.717, 1.165) is 16.7 Å². The van der Waals surface area contributed by atoms with Crippen molar-refractivity contribution in [2.75, 3.05) is 7.11 Å². The van der Waals surface area contributed by atoms with Gasteiger partial charge in [0.15, 0.2) is 17.3 Å². The summed E-state index contributed by atoms with van der Waals surface area (Å²) in [7, 11) is 1.48. The van der Waals surface area contributed by atoms with Gasteiger partial charge >= 0.3 is 0 Å². The molecule has 0 aliphatic carbocycles. The van der Waals surface area contributed by atoms with Crippen molar-refractivity contribution >= 4 is 23.6 Å². The average Bonchev–Trinajstić information content (AvgIpc) is 2.93. The smallest absolute Gasteiger partial charge is 0.271 e. The minimum atomic E-state index is -0.485. The van der Waals surface area contributed by atoms with Crippen LogP contribution in [0.3, 0.4) is 0 Å². The first kappa shape index (κ1) is 27.7. The van der Waals surface area contributed by atoms with Crippen LogP contribution in [0, 0.1) is 30.9 Å². The second kappa shape index (κ2) is 12.0. The summed E-state index contributed by atoms with van der Waals surface area (Å²) in [6, 6.07) is 21.1. The summed E-state index contributed by atoms with van der Waals surface area (Å²) < 4.78 is 11.2. The van der Waals surface area contributed by atoms with Gasteiger partial charge in [0.25, 0.3) is 11.6 Å². The molecule has 0 unspecified atom stereocenters. The Labute approximate surface area is 231 Å². The summed E-state index contributed by atoms with van der Waals surface area (Å²) in [6.07, 6.45) is 1.46. The highest BCUT2D eigenvalue weighted by Crippen LogP contribution is 2.32. The van der Waals surface area contributed by atoms with Gasteiger partial charge in [-0.3, -0.25) is 19.7 Å². The van der Waals surface area contributed by atoms with Crippen LogP contribution >= 0.6 is 0 Å². The van der Waals surface area contributed by atoms with E-state index in [4.69, 9.17) is 9.47 Å². The molecule has 202 valence electrons. The molecule has 0 aromatic heterocycles. The zero-order valence-corrected chi connectivity index (χ0v) is 22.4. The lowest BCUT2D eigenvalue weighted by Crippen LogP contribution is -2.17. The van der Waals surface area contributed by atoms with E-state index in [1.165, 1.54) is 37.6 Å². The first-order chi connectivity index (χ1) is 19.2. The third-order valence-corrected chi connectivity index (χ3v) is 6.16. The van der Waals surface area contributed by atoms with Gasteiger partial charge in [0.2, 0.25) is 0 Å². The Balaban J connectivity index is 1.39. The fourth-order valence-electron chi connectivity index (χ4n) is 4.30. The molecule has 0 fully saturated rings. The SMILES string of the molecule is COc1cc(/C=N/NC(=O)c2ccc(C(=O)c3c(C)cc(C)cc3C)cc2)ccc1Oc1ccc([N+](=O)[O-])cc1. The maximum atomic E-state index is 13.1. The highest BCUT2D eigenvalue weighted by molar-refractivity contribution is 6.11. The molecule has 0 aliphatic heterocycles. The molecule has 0 atom stereocenters. The lowest BCUT2D eigenvalue weighted by atomic mass is 9.93. The molecule has 9 nitrogen and oxygen atoms in total. The van der Waals surface area contributed by atoms with Gasteiger partial charge in [0.1, 0.15) is 5.75 Å². The maximum Gasteiger partial charge on any atom is 0.271 e. The van der Waals surface area contributed by atoms with Gasteiger partial charge in [-0.15, -0.1) is 0 Å². The van der Waals surface area contributed by atoms with Gasteiger partial charge in [0, 0.05) is 28.8 Å². The van der Waals surface area contributed by atoms with Crippen molar-refractivity contribution < 1.29 is 24.0 Å². The van der Waals surface area contributed by atoms with Crippen molar-refractivity contribution in [1.29, 1.82) is 0 Å². The van der Waals surface area contributed by atoms with Crippen LogP contribution in [0.5, 0.6) is 17.2 Å². The highest BCUT2D eigenvalue weighted by Gasteiger charge is 2.16. The summed E-state index contributed by atoms with van der Waals surface area (Å²) >= 11 is 0. The minimum absolute atomic E-state index is 0.0373. The Morgan fingerprint density at radius 3 is 2.08 bits per heavy atom. The lowest BCUT2D eigenvalue weighted by molar-refractivity contribution is -0.384. The molecule has 0 bridgehead atoms. The summed E-state index contributed by atoms with van der Waals surface area (Å²) in [6.45, 7) is 5.83. The van der Waals surface area contributed by atoms with Gasteiger partial charge in [-0.05, 0) is 79.9 Å². The molecule has 0 spiro atoms. The molecule has 1 N–H and O–H groups in total. The number of hydrogen-bond acceptors (Lipinski definition) is 7. The van der Waals surface area contributed by atoms with Crippen molar-refractivity contribution in [3.8, 4) is 17.2 Å². The number of rotatable bonds is 9. The summed E-state index contributed by atoms with van der Waals surface area (Å²) in [4.78, 5) is 36.0. The van der Waals surface area contributed by atoms with Crippen LogP contribution in [0.25, 0.3) is 0 Å². The van der Waals surface area contributed by atoms with Crippen LogP contribution in [-0.4, -0.2) is 29.9 Å². The van der Waals surface area contributed by atoms with E-state index >= 15 is 0 Å². The minimum Gasteiger partial charge on any atom is -0.493 e. The Kier molecular flexibility index (Phi) is 8.34. The first-order valence-electron chi connectivity index (χ1n) is 12.3. The number of nitrogens with one attached hydrogen (secondary N) is 1. The fraction of sp³-hybridized carbons (Fsp3) is 0.129. The second-order valence-electron chi connectivity index (χ2n) is 9.14. The van der Waals surface area contributed by atoms with E-state index in [1.54, 1.807) is 42.5 Å². The molecule has 0 saturated carbocycles. The first-order valence-corrected chi connectivity index (χ1v) is 12.3. The Morgan fingerprint density at radius 1 is 0.850 bits per heavy atom. The number of carbonyl (C=O) groups excluding carboxylic acids is 2. The molecule has 4 aromatic rings. The largest absolute Gasteiger partial charge is 0.493 e. The van der Waals surface area contributed by atoms with Crippen molar-refractivity contribution in [3.05, 3.63) is 128 Å². The van der Waals surface area contributed by atoms with E-state index < -0.39 is 10.8 Å². The number of ketones is 1. The normalized spacial score (nSPS) is 10.8. The average molecular weight is 538 g/mol. The van der Waals surface area contributed by atoms with Crippen LogP contribution in [-0.2, 0) is 0 Å². The van der Waals surface area contributed by atoms with Gasteiger partial charge < -0.3 is 9.47 Å². The summed E-state index contributed by atoms with van der Waals surface area (Å²) in [5, 5.41) is 14.8. The number of nitro benzene ring substituents is 1. The van der Waals surface area contributed by atoms with Gasteiger partial charge in [-0.2, -0.15) is 5.10 Å². The quantitative estimate of drug-likeness (QED) is 0.116. The Hall–Kier alpha value is -5.31. The van der Waals surface area contributed by atoms with Crippen LogP contribution in [0.4, 0.5) is 5.69 Å². The number of nitro groups is 1. The molecule has 4 rings (SSSR count). The number of amides is 1. The van der Waals surface area contributed by atoms with E-state index in [1.807, 2.05) is 32.9 Å². The van der Waals surface area contributed by atoms with Crippen LogP contribution in [0.1, 0.15) is 48.5 Å². The number of ether oxygens (including phenoxy) is 2. The summed E-state index contributed by atoms with van der Waals surface area (Å²) in [5.41, 5.74) is 7.54. The van der Waals surface area contributed by atoms with Gasteiger partial charge in [0.05, 0.1) is 18.2 Å². The number of methoxy groups -OCH3 is 1. The topological polar surface area (TPSA) is 120 Å².